The van der Waals surface area contributed by atoms with E-state index in [2.05, 4.69) is 0 Å². The van der Waals surface area contributed by atoms with Gasteiger partial charge in [0, 0.05) is 26.3 Å². The summed E-state index contributed by atoms with van der Waals surface area (Å²) in [6.07, 6.45) is 0. The highest BCUT2D eigenvalue weighted by molar-refractivity contribution is 7.89. The number of hydrogen-bond acceptors (Lipinski definition) is 4. The molecule has 0 saturated heterocycles. The molecule has 0 aromatic heterocycles. The summed E-state index contributed by atoms with van der Waals surface area (Å²) in [6.45, 7) is -0.592. The van der Waals surface area contributed by atoms with Crippen molar-refractivity contribution in [1.29, 1.82) is 0 Å². The van der Waals surface area contributed by atoms with Crippen LogP contribution in [0.25, 0.3) is 0 Å². The summed E-state index contributed by atoms with van der Waals surface area (Å²) in [5, 5.41) is 9.10. The summed E-state index contributed by atoms with van der Waals surface area (Å²) < 4.78 is 26.8. The van der Waals surface area contributed by atoms with Gasteiger partial charge in [0.25, 0.3) is 0 Å². The first-order valence-electron chi connectivity index (χ1n) is 7.34. The van der Waals surface area contributed by atoms with Crippen LogP contribution in [0.1, 0.15) is 5.56 Å². The van der Waals surface area contributed by atoms with Gasteiger partial charge in [0.05, 0.1) is 4.90 Å². The van der Waals surface area contributed by atoms with E-state index < -0.39 is 22.5 Å². The number of benzene rings is 2. The zero-order valence-corrected chi connectivity index (χ0v) is 14.4. The predicted octanol–water partition coefficient (Wildman–Crippen LogP) is 2.03. The highest BCUT2D eigenvalue weighted by Crippen LogP contribution is 2.22. The lowest BCUT2D eigenvalue weighted by Crippen LogP contribution is -2.35. The highest BCUT2D eigenvalue weighted by atomic mass is 32.2. The Bertz CT molecular complexity index is 804. The monoisotopic (exact) mass is 348 g/mol. The lowest BCUT2D eigenvalue weighted by molar-refractivity contribution is -0.137. The molecule has 128 valence electrons. The fourth-order valence-electron chi connectivity index (χ4n) is 2.23. The molecule has 2 aromatic carbocycles. The molecule has 0 aliphatic heterocycles. The molecular formula is C17H20N2O4S. The minimum atomic E-state index is -3.92. The molecule has 0 unspecified atom stereocenters. The molecule has 6 nitrogen and oxygen atoms in total. The first kappa shape index (κ1) is 18.0. The van der Waals surface area contributed by atoms with Crippen LogP contribution in [0.2, 0.25) is 0 Å². The molecule has 7 heteroatoms. The van der Waals surface area contributed by atoms with Crippen molar-refractivity contribution in [1.82, 2.24) is 4.31 Å². The molecule has 0 spiro atoms. The average Bonchev–Trinajstić information content (AvgIpc) is 2.55. The molecule has 0 aliphatic carbocycles. The molecule has 1 N–H and O–H groups in total. The van der Waals surface area contributed by atoms with Gasteiger partial charge in [-0.15, -0.1) is 0 Å². The van der Waals surface area contributed by atoms with Crippen molar-refractivity contribution >= 4 is 21.7 Å². The zero-order chi connectivity index (χ0) is 17.7. The van der Waals surface area contributed by atoms with Crippen molar-refractivity contribution < 1.29 is 18.3 Å². The van der Waals surface area contributed by atoms with Gasteiger partial charge in [-0.3, -0.25) is 4.79 Å². The van der Waals surface area contributed by atoms with Crippen LogP contribution >= 0.6 is 0 Å². The first-order chi connectivity index (χ1) is 11.3. The van der Waals surface area contributed by atoms with E-state index >= 15 is 0 Å². The summed E-state index contributed by atoms with van der Waals surface area (Å²) >= 11 is 0. The Hall–Kier alpha value is -2.38. The summed E-state index contributed by atoms with van der Waals surface area (Å²) in [5.74, 6) is -1.20. The van der Waals surface area contributed by atoms with Gasteiger partial charge in [0.1, 0.15) is 6.54 Å². The third-order valence-corrected chi connectivity index (χ3v) is 5.27. The van der Waals surface area contributed by atoms with Crippen molar-refractivity contribution in [3.8, 4) is 0 Å². The van der Waals surface area contributed by atoms with Gasteiger partial charge in [0.2, 0.25) is 10.0 Å². The fourth-order valence-corrected chi connectivity index (χ4v) is 3.65. The largest absolute Gasteiger partial charge is 0.480 e. The predicted molar refractivity (Wildman–Crippen MR) is 92.4 cm³/mol. The number of sulfonamides is 1. The van der Waals surface area contributed by atoms with Crippen molar-refractivity contribution in [2.45, 2.75) is 11.4 Å². The zero-order valence-electron chi connectivity index (χ0n) is 13.6. The molecule has 0 atom stereocenters. The van der Waals surface area contributed by atoms with Crippen molar-refractivity contribution in [2.75, 3.05) is 25.5 Å². The molecule has 0 heterocycles. The number of carbonyl (C=O) groups is 1. The second-order valence-electron chi connectivity index (χ2n) is 5.54. The Morgan fingerprint density at radius 2 is 1.71 bits per heavy atom. The molecule has 0 saturated carbocycles. The Morgan fingerprint density at radius 1 is 1.04 bits per heavy atom. The van der Waals surface area contributed by atoms with Gasteiger partial charge in [-0.2, -0.15) is 4.31 Å². The number of carboxylic acids is 1. The normalized spacial score (nSPS) is 11.5. The van der Waals surface area contributed by atoms with Gasteiger partial charge in [-0.25, -0.2) is 8.42 Å². The minimum Gasteiger partial charge on any atom is -0.480 e. The maximum Gasteiger partial charge on any atom is 0.318 e. The van der Waals surface area contributed by atoms with Crippen LogP contribution in [0, 0.1) is 0 Å². The van der Waals surface area contributed by atoms with Gasteiger partial charge in [-0.05, 0) is 23.8 Å². The topological polar surface area (TPSA) is 77.9 Å². The van der Waals surface area contributed by atoms with Gasteiger partial charge >= 0.3 is 5.97 Å². The average molecular weight is 348 g/mol. The smallest absolute Gasteiger partial charge is 0.318 e. The number of nitrogens with zero attached hydrogens (tertiary/aromatic N) is 2. The van der Waals surface area contributed by atoms with E-state index in [0.29, 0.717) is 0 Å². The summed E-state index contributed by atoms with van der Waals surface area (Å²) in [4.78, 5) is 13.0. The molecule has 0 aliphatic rings. The lowest BCUT2D eigenvalue weighted by Gasteiger charge is -2.21. The maximum absolute atomic E-state index is 12.9. The van der Waals surface area contributed by atoms with Gasteiger partial charge in [-0.1, -0.05) is 36.4 Å². The Morgan fingerprint density at radius 3 is 2.29 bits per heavy atom. The number of rotatable bonds is 7. The van der Waals surface area contributed by atoms with Crippen LogP contribution in [0.3, 0.4) is 0 Å². The summed E-state index contributed by atoms with van der Waals surface area (Å²) in [5.41, 5.74) is 1.46. The van der Waals surface area contributed by atoms with Gasteiger partial charge in [0.15, 0.2) is 0 Å². The van der Waals surface area contributed by atoms with E-state index in [0.717, 1.165) is 15.6 Å². The minimum absolute atomic E-state index is 0.00165. The van der Waals surface area contributed by atoms with E-state index in [1.807, 2.05) is 20.2 Å². The standard InChI is InChI=1S/C17H20N2O4S/c1-18(2)15-9-6-10-16(11-15)24(22,23)19(13-17(20)21)12-14-7-4-3-5-8-14/h3-11H,12-13H2,1-2H3,(H,20,21). The Labute approximate surface area is 142 Å². The molecule has 2 rings (SSSR count). The molecule has 2 aromatic rings. The summed E-state index contributed by atoms with van der Waals surface area (Å²) in [6, 6.07) is 15.4. The van der Waals surface area contributed by atoms with E-state index in [1.54, 1.807) is 41.3 Å². The van der Waals surface area contributed by atoms with E-state index in [4.69, 9.17) is 5.11 Å². The highest BCUT2D eigenvalue weighted by Gasteiger charge is 2.27. The number of hydrogen-bond donors (Lipinski definition) is 1. The SMILES string of the molecule is CN(C)c1cccc(S(=O)(=O)N(CC(=O)O)Cc2ccccc2)c1. The second-order valence-corrected chi connectivity index (χ2v) is 7.48. The van der Waals surface area contributed by atoms with Gasteiger partial charge < -0.3 is 10.0 Å². The fraction of sp³-hybridized carbons (Fsp3) is 0.235. The number of carboxylic acid groups (broad SMARTS) is 1. The molecule has 0 bridgehead atoms. The van der Waals surface area contributed by atoms with Crippen LogP contribution in [-0.2, 0) is 21.4 Å². The summed E-state index contributed by atoms with van der Waals surface area (Å²) in [7, 11) is -0.304. The van der Waals surface area contributed by atoms with E-state index in [1.165, 1.54) is 12.1 Å². The second kappa shape index (κ2) is 7.46. The Balaban J connectivity index is 2.40. The van der Waals surface area contributed by atoms with Crippen LogP contribution in [-0.4, -0.2) is 44.4 Å². The number of anilines is 1. The van der Waals surface area contributed by atoms with Crippen molar-refractivity contribution in [2.24, 2.45) is 0 Å². The third-order valence-electron chi connectivity index (χ3n) is 3.49. The van der Waals surface area contributed by atoms with E-state index in [9.17, 15) is 13.2 Å². The van der Waals surface area contributed by atoms with E-state index in [-0.39, 0.29) is 11.4 Å². The molecule has 0 radical (unpaired) electrons. The molecule has 0 amide bonds. The first-order valence-corrected chi connectivity index (χ1v) is 8.78. The van der Waals surface area contributed by atoms with Crippen LogP contribution in [0.5, 0.6) is 0 Å². The molecular weight excluding hydrogens is 328 g/mol. The number of aliphatic carboxylic acids is 1. The molecule has 24 heavy (non-hydrogen) atoms. The molecule has 0 fully saturated rings. The quantitative estimate of drug-likeness (QED) is 0.828. The Kier molecular flexibility index (Phi) is 5.58. The third kappa shape index (κ3) is 4.33. The lowest BCUT2D eigenvalue weighted by atomic mass is 10.2. The van der Waals surface area contributed by atoms with Crippen molar-refractivity contribution in [3.63, 3.8) is 0 Å². The van der Waals surface area contributed by atoms with Crippen LogP contribution in [0.4, 0.5) is 5.69 Å². The van der Waals surface area contributed by atoms with Crippen LogP contribution in [0.15, 0.2) is 59.5 Å². The van der Waals surface area contributed by atoms with Crippen LogP contribution < -0.4 is 4.90 Å². The van der Waals surface area contributed by atoms with Crippen molar-refractivity contribution in [3.05, 3.63) is 60.2 Å². The maximum atomic E-state index is 12.9.